The number of ether oxygens (including phenoxy) is 1. The minimum absolute atomic E-state index is 0. The lowest BCUT2D eigenvalue weighted by Crippen LogP contribution is -2.32. The lowest BCUT2D eigenvalue weighted by Gasteiger charge is -2.23. The van der Waals surface area contributed by atoms with Crippen LogP contribution >= 0.6 is 12.4 Å². The zero-order chi connectivity index (χ0) is 11.4. The van der Waals surface area contributed by atoms with E-state index >= 15 is 0 Å². The van der Waals surface area contributed by atoms with Crippen molar-refractivity contribution in [2.24, 2.45) is 0 Å². The summed E-state index contributed by atoms with van der Waals surface area (Å²) in [7, 11) is 0. The molecule has 1 aliphatic heterocycles. The van der Waals surface area contributed by atoms with Gasteiger partial charge in [0.15, 0.2) is 0 Å². The van der Waals surface area contributed by atoms with Gasteiger partial charge >= 0.3 is 0 Å². The number of rotatable bonds is 3. The topological polar surface area (TPSA) is 21.3 Å². The van der Waals surface area contributed by atoms with Gasteiger partial charge in [-0.05, 0) is 56.5 Å². The summed E-state index contributed by atoms with van der Waals surface area (Å²) in [4.78, 5) is 0. The Hall–Kier alpha value is -0.570. The third-order valence-electron chi connectivity index (χ3n) is 3.34. The third kappa shape index (κ3) is 4.30. The zero-order valence-corrected chi connectivity index (χ0v) is 11.5. The summed E-state index contributed by atoms with van der Waals surface area (Å²) >= 11 is 0. The summed E-state index contributed by atoms with van der Waals surface area (Å²) in [6.07, 6.45) is 2.73. The molecule has 1 aromatic rings. The minimum Gasteiger partial charge on any atom is -0.373 e. The van der Waals surface area contributed by atoms with Crippen molar-refractivity contribution < 1.29 is 4.74 Å². The molecular weight excluding hydrogens is 234 g/mol. The van der Waals surface area contributed by atoms with Crippen molar-refractivity contribution in [2.75, 3.05) is 13.1 Å². The molecule has 0 saturated carbocycles. The number of nitrogens with one attached hydrogen (secondary N) is 1. The van der Waals surface area contributed by atoms with E-state index in [1.807, 2.05) is 0 Å². The maximum atomic E-state index is 5.92. The van der Waals surface area contributed by atoms with Gasteiger partial charge in [0.05, 0.1) is 12.7 Å². The maximum absolute atomic E-state index is 5.92. The third-order valence-corrected chi connectivity index (χ3v) is 3.34. The Balaban J connectivity index is 0.00000144. The molecule has 1 aromatic carbocycles. The van der Waals surface area contributed by atoms with Crippen LogP contribution in [0.5, 0.6) is 0 Å². The van der Waals surface area contributed by atoms with Crippen molar-refractivity contribution in [2.45, 2.75) is 39.4 Å². The normalized spacial score (nSPS) is 16.6. The van der Waals surface area contributed by atoms with E-state index in [0.29, 0.717) is 6.10 Å². The quantitative estimate of drug-likeness (QED) is 0.897. The fourth-order valence-corrected chi connectivity index (χ4v) is 2.07. The van der Waals surface area contributed by atoms with Gasteiger partial charge in [-0.1, -0.05) is 18.2 Å². The molecule has 3 heteroatoms. The Morgan fingerprint density at radius 2 is 1.88 bits per heavy atom. The molecule has 0 atom stereocenters. The highest BCUT2D eigenvalue weighted by Crippen LogP contribution is 2.14. The molecule has 2 rings (SSSR count). The van der Waals surface area contributed by atoms with E-state index in [0.717, 1.165) is 32.5 Å². The molecule has 0 spiro atoms. The van der Waals surface area contributed by atoms with E-state index in [1.165, 1.54) is 16.7 Å². The van der Waals surface area contributed by atoms with E-state index in [9.17, 15) is 0 Å². The Kier molecular flexibility index (Phi) is 5.96. The Morgan fingerprint density at radius 3 is 2.53 bits per heavy atom. The molecule has 1 heterocycles. The van der Waals surface area contributed by atoms with Gasteiger partial charge in [-0.25, -0.2) is 0 Å². The second-order valence-corrected chi connectivity index (χ2v) is 4.68. The molecule has 1 aliphatic rings. The van der Waals surface area contributed by atoms with Crippen molar-refractivity contribution in [1.82, 2.24) is 5.32 Å². The number of hydrogen-bond acceptors (Lipinski definition) is 2. The molecule has 96 valence electrons. The van der Waals surface area contributed by atoms with Crippen molar-refractivity contribution in [3.63, 3.8) is 0 Å². The van der Waals surface area contributed by atoms with Crippen LogP contribution in [-0.2, 0) is 11.3 Å². The zero-order valence-electron chi connectivity index (χ0n) is 10.7. The van der Waals surface area contributed by atoms with Crippen LogP contribution in [0.1, 0.15) is 29.5 Å². The highest BCUT2D eigenvalue weighted by molar-refractivity contribution is 5.85. The molecular formula is C14H22ClNO. The van der Waals surface area contributed by atoms with Crippen LogP contribution in [0.25, 0.3) is 0 Å². The van der Waals surface area contributed by atoms with Crippen LogP contribution in [-0.4, -0.2) is 19.2 Å². The fraction of sp³-hybridized carbons (Fsp3) is 0.571. The van der Waals surface area contributed by atoms with Gasteiger partial charge in [-0.3, -0.25) is 0 Å². The summed E-state index contributed by atoms with van der Waals surface area (Å²) in [5.74, 6) is 0. The minimum atomic E-state index is 0. The van der Waals surface area contributed by atoms with E-state index in [4.69, 9.17) is 4.74 Å². The predicted octanol–water partition coefficient (Wildman–Crippen LogP) is 2.99. The highest BCUT2D eigenvalue weighted by Gasteiger charge is 2.12. The van der Waals surface area contributed by atoms with Gasteiger partial charge in [-0.15, -0.1) is 12.4 Å². The maximum Gasteiger partial charge on any atom is 0.0720 e. The lowest BCUT2D eigenvalue weighted by molar-refractivity contribution is 0.0212. The molecule has 1 saturated heterocycles. The molecule has 0 aliphatic carbocycles. The summed E-state index contributed by atoms with van der Waals surface area (Å²) in [5.41, 5.74) is 4.00. The molecule has 0 amide bonds. The Labute approximate surface area is 110 Å². The van der Waals surface area contributed by atoms with Crippen LogP contribution in [0.3, 0.4) is 0 Å². The molecule has 1 fully saturated rings. The molecule has 17 heavy (non-hydrogen) atoms. The molecule has 2 nitrogen and oxygen atoms in total. The van der Waals surface area contributed by atoms with Crippen LogP contribution < -0.4 is 5.32 Å². The Morgan fingerprint density at radius 1 is 1.18 bits per heavy atom. The predicted molar refractivity (Wildman–Crippen MR) is 73.8 cm³/mol. The first-order valence-electron chi connectivity index (χ1n) is 6.14. The van der Waals surface area contributed by atoms with E-state index in [2.05, 4.69) is 37.4 Å². The first-order chi connectivity index (χ1) is 7.75. The summed E-state index contributed by atoms with van der Waals surface area (Å²) in [5, 5.41) is 3.35. The largest absolute Gasteiger partial charge is 0.373 e. The van der Waals surface area contributed by atoms with Gasteiger partial charge in [0.1, 0.15) is 0 Å². The van der Waals surface area contributed by atoms with Crippen LogP contribution in [0, 0.1) is 13.8 Å². The van der Waals surface area contributed by atoms with Gasteiger partial charge in [0, 0.05) is 0 Å². The summed E-state index contributed by atoms with van der Waals surface area (Å²) in [6.45, 7) is 7.25. The second kappa shape index (κ2) is 7.00. The SMILES string of the molecule is Cc1ccc(COC2CCNCC2)cc1C.Cl. The average molecular weight is 256 g/mol. The van der Waals surface area contributed by atoms with Crippen molar-refractivity contribution in [1.29, 1.82) is 0 Å². The molecule has 0 radical (unpaired) electrons. The van der Waals surface area contributed by atoms with Gasteiger partial charge in [-0.2, -0.15) is 0 Å². The van der Waals surface area contributed by atoms with Gasteiger partial charge in [0.25, 0.3) is 0 Å². The Bertz CT molecular complexity index is 348. The van der Waals surface area contributed by atoms with E-state index in [-0.39, 0.29) is 12.4 Å². The van der Waals surface area contributed by atoms with Crippen LogP contribution in [0.2, 0.25) is 0 Å². The van der Waals surface area contributed by atoms with E-state index in [1.54, 1.807) is 0 Å². The lowest BCUT2D eigenvalue weighted by atomic mass is 10.1. The van der Waals surface area contributed by atoms with Gasteiger partial charge in [0.2, 0.25) is 0 Å². The van der Waals surface area contributed by atoms with Crippen molar-refractivity contribution >= 4 is 12.4 Å². The number of hydrogen-bond donors (Lipinski definition) is 1. The number of benzene rings is 1. The monoisotopic (exact) mass is 255 g/mol. The summed E-state index contributed by atoms with van der Waals surface area (Å²) in [6, 6.07) is 6.58. The summed E-state index contributed by atoms with van der Waals surface area (Å²) < 4.78 is 5.92. The molecule has 0 unspecified atom stereocenters. The smallest absolute Gasteiger partial charge is 0.0720 e. The van der Waals surface area contributed by atoms with Crippen LogP contribution in [0.4, 0.5) is 0 Å². The van der Waals surface area contributed by atoms with Crippen LogP contribution in [0.15, 0.2) is 18.2 Å². The number of piperidine rings is 1. The first kappa shape index (κ1) is 14.5. The van der Waals surface area contributed by atoms with Crippen molar-refractivity contribution in [3.05, 3.63) is 34.9 Å². The highest BCUT2D eigenvalue weighted by atomic mass is 35.5. The standard InChI is InChI=1S/C14H21NO.ClH/c1-11-3-4-13(9-12(11)2)10-16-14-5-7-15-8-6-14;/h3-4,9,14-15H,5-8,10H2,1-2H3;1H. The van der Waals surface area contributed by atoms with E-state index < -0.39 is 0 Å². The number of aryl methyl sites for hydroxylation is 2. The number of halogens is 1. The second-order valence-electron chi connectivity index (χ2n) is 4.68. The average Bonchev–Trinajstić information content (AvgIpc) is 2.32. The fourth-order valence-electron chi connectivity index (χ4n) is 2.07. The van der Waals surface area contributed by atoms with Crippen molar-refractivity contribution in [3.8, 4) is 0 Å². The molecule has 1 N–H and O–H groups in total. The molecule has 0 bridgehead atoms. The molecule has 0 aromatic heterocycles. The first-order valence-corrected chi connectivity index (χ1v) is 6.14. The van der Waals surface area contributed by atoms with Gasteiger partial charge < -0.3 is 10.1 Å².